The van der Waals surface area contributed by atoms with Crippen LogP contribution in [-0.2, 0) is 0 Å². The summed E-state index contributed by atoms with van der Waals surface area (Å²) in [6.45, 7) is 3.19. The molecule has 0 N–H and O–H groups in total. The van der Waals surface area contributed by atoms with E-state index in [0.29, 0.717) is 0 Å². The molecule has 1 aromatic heterocycles. The molecule has 2 atom stereocenters. The highest BCUT2D eigenvalue weighted by molar-refractivity contribution is 7.09. The highest BCUT2D eigenvalue weighted by atomic mass is 32.1. The van der Waals surface area contributed by atoms with Gasteiger partial charge in [0.2, 0.25) is 5.13 Å². The Hall–Kier alpha value is -0.640. The van der Waals surface area contributed by atoms with E-state index in [0.717, 1.165) is 22.9 Å². The van der Waals surface area contributed by atoms with Crippen molar-refractivity contribution in [2.75, 3.05) is 11.4 Å². The molecule has 2 heterocycles. The first kappa shape index (κ1) is 7.74. The molecule has 1 saturated carbocycles. The van der Waals surface area contributed by atoms with Gasteiger partial charge in [-0.3, -0.25) is 0 Å². The molecule has 0 radical (unpaired) electrons. The number of rotatable bonds is 1. The number of nitrogens with zero attached hydrogens (tertiary/aromatic N) is 3. The molecule has 2 aliphatic rings. The van der Waals surface area contributed by atoms with E-state index in [1.807, 2.05) is 6.92 Å². The predicted molar refractivity (Wildman–Crippen MR) is 53.1 cm³/mol. The Kier molecular flexibility index (Phi) is 1.59. The van der Waals surface area contributed by atoms with Crippen molar-refractivity contribution < 1.29 is 0 Å². The second-order valence-corrected chi connectivity index (χ2v) is 4.84. The summed E-state index contributed by atoms with van der Waals surface area (Å²) in [6, 6.07) is 0.775. The molecule has 0 amide bonds. The van der Waals surface area contributed by atoms with E-state index in [4.69, 9.17) is 0 Å². The van der Waals surface area contributed by atoms with E-state index >= 15 is 0 Å². The lowest BCUT2D eigenvalue weighted by Crippen LogP contribution is -2.31. The zero-order chi connectivity index (χ0) is 8.84. The molecule has 70 valence electrons. The summed E-state index contributed by atoms with van der Waals surface area (Å²) < 4.78 is 4.23. The van der Waals surface area contributed by atoms with Gasteiger partial charge in [0.15, 0.2) is 0 Å². The Morgan fingerprint density at radius 2 is 2.38 bits per heavy atom. The second-order valence-electron chi connectivity index (χ2n) is 4.11. The van der Waals surface area contributed by atoms with Crippen molar-refractivity contribution in [3.63, 3.8) is 0 Å². The van der Waals surface area contributed by atoms with Gasteiger partial charge < -0.3 is 4.90 Å². The van der Waals surface area contributed by atoms with Crippen molar-refractivity contribution in [3.8, 4) is 0 Å². The Balaban J connectivity index is 1.87. The minimum absolute atomic E-state index is 0.775. The Bertz CT molecular complexity index is 322. The summed E-state index contributed by atoms with van der Waals surface area (Å²) in [4.78, 5) is 6.90. The fourth-order valence-electron chi connectivity index (χ4n) is 2.56. The maximum absolute atomic E-state index is 4.44. The standard InChI is InChI=1S/C9H13N3S/c1-6-10-9(13-11-6)12-5-7-2-3-8(12)4-7/h7-8H,2-5H2,1H3. The summed E-state index contributed by atoms with van der Waals surface area (Å²) in [7, 11) is 0. The molecule has 0 aromatic carbocycles. The van der Waals surface area contributed by atoms with Crippen LogP contribution in [0, 0.1) is 12.8 Å². The third kappa shape index (κ3) is 1.15. The molecule has 2 fully saturated rings. The van der Waals surface area contributed by atoms with Gasteiger partial charge in [0, 0.05) is 24.1 Å². The van der Waals surface area contributed by atoms with Gasteiger partial charge in [0.05, 0.1) is 0 Å². The number of aromatic nitrogens is 2. The fraction of sp³-hybridized carbons (Fsp3) is 0.778. The minimum Gasteiger partial charge on any atom is -0.344 e. The maximum Gasteiger partial charge on any atom is 0.205 e. The smallest absolute Gasteiger partial charge is 0.205 e. The Morgan fingerprint density at radius 1 is 1.46 bits per heavy atom. The number of fused-ring (bicyclic) bond motifs is 2. The molecule has 1 saturated heterocycles. The molecular formula is C9H13N3S. The van der Waals surface area contributed by atoms with Crippen molar-refractivity contribution in [1.82, 2.24) is 9.36 Å². The van der Waals surface area contributed by atoms with Crippen LogP contribution in [0.3, 0.4) is 0 Å². The van der Waals surface area contributed by atoms with E-state index in [1.165, 1.54) is 25.8 Å². The van der Waals surface area contributed by atoms with Crippen LogP contribution in [0.1, 0.15) is 25.1 Å². The number of hydrogen-bond acceptors (Lipinski definition) is 4. The Labute approximate surface area is 82.0 Å². The van der Waals surface area contributed by atoms with Crippen molar-refractivity contribution in [1.29, 1.82) is 0 Å². The molecule has 4 heteroatoms. The molecule has 3 nitrogen and oxygen atoms in total. The van der Waals surface area contributed by atoms with E-state index < -0.39 is 0 Å². The summed E-state index contributed by atoms with van der Waals surface area (Å²) >= 11 is 1.55. The van der Waals surface area contributed by atoms with Crippen LogP contribution < -0.4 is 4.90 Å². The normalized spacial score (nSPS) is 31.6. The maximum atomic E-state index is 4.44. The third-order valence-corrected chi connectivity index (χ3v) is 4.02. The van der Waals surface area contributed by atoms with Gasteiger partial charge in [-0.1, -0.05) is 0 Å². The SMILES string of the molecule is Cc1nsc(N2CC3CCC2C3)n1. The van der Waals surface area contributed by atoms with E-state index in [-0.39, 0.29) is 0 Å². The van der Waals surface area contributed by atoms with Crippen molar-refractivity contribution in [3.05, 3.63) is 5.82 Å². The number of hydrogen-bond donors (Lipinski definition) is 0. The first-order valence-corrected chi connectivity index (χ1v) is 5.67. The molecule has 0 spiro atoms. The number of piperidine rings is 1. The molecule has 2 bridgehead atoms. The molecule has 2 unspecified atom stereocenters. The van der Waals surface area contributed by atoms with Gasteiger partial charge in [0.25, 0.3) is 0 Å². The zero-order valence-electron chi connectivity index (χ0n) is 7.73. The van der Waals surface area contributed by atoms with Crippen molar-refractivity contribution in [2.45, 2.75) is 32.2 Å². The largest absolute Gasteiger partial charge is 0.344 e. The third-order valence-electron chi connectivity index (χ3n) is 3.17. The van der Waals surface area contributed by atoms with Crippen LogP contribution >= 0.6 is 11.5 Å². The first-order valence-electron chi connectivity index (χ1n) is 4.90. The van der Waals surface area contributed by atoms with Crippen LogP contribution in [0.2, 0.25) is 0 Å². The average molecular weight is 195 g/mol. The van der Waals surface area contributed by atoms with E-state index in [2.05, 4.69) is 14.3 Å². The highest BCUT2D eigenvalue weighted by Crippen LogP contribution is 2.40. The van der Waals surface area contributed by atoms with Gasteiger partial charge in [-0.2, -0.15) is 4.37 Å². The summed E-state index contributed by atoms with van der Waals surface area (Å²) in [5.41, 5.74) is 0. The van der Waals surface area contributed by atoms with Crippen molar-refractivity contribution >= 4 is 16.7 Å². The Morgan fingerprint density at radius 3 is 2.92 bits per heavy atom. The summed E-state index contributed by atoms with van der Waals surface area (Å²) in [5, 5.41) is 1.14. The van der Waals surface area contributed by atoms with Crippen LogP contribution in [0.5, 0.6) is 0 Å². The van der Waals surface area contributed by atoms with Crippen LogP contribution in [0.25, 0.3) is 0 Å². The molecule has 1 aliphatic carbocycles. The quantitative estimate of drug-likeness (QED) is 0.684. The molecular weight excluding hydrogens is 182 g/mol. The van der Waals surface area contributed by atoms with Crippen molar-refractivity contribution in [2.24, 2.45) is 5.92 Å². The highest BCUT2D eigenvalue weighted by Gasteiger charge is 2.38. The first-order chi connectivity index (χ1) is 6.33. The molecule has 13 heavy (non-hydrogen) atoms. The summed E-state index contributed by atoms with van der Waals surface area (Å²) in [5.74, 6) is 1.86. The lowest BCUT2D eigenvalue weighted by molar-refractivity contribution is 0.553. The van der Waals surface area contributed by atoms with Gasteiger partial charge in [-0.25, -0.2) is 4.98 Å². The van der Waals surface area contributed by atoms with Crippen LogP contribution in [0.4, 0.5) is 5.13 Å². The fourth-order valence-corrected chi connectivity index (χ4v) is 3.32. The lowest BCUT2D eigenvalue weighted by Gasteiger charge is -2.25. The second kappa shape index (κ2) is 2.67. The van der Waals surface area contributed by atoms with Crippen LogP contribution in [0.15, 0.2) is 0 Å². The minimum atomic E-state index is 0.775. The summed E-state index contributed by atoms with van der Waals surface area (Å²) in [6.07, 6.45) is 4.18. The predicted octanol–water partition coefficient (Wildman–Crippen LogP) is 1.84. The monoisotopic (exact) mass is 195 g/mol. The van der Waals surface area contributed by atoms with Gasteiger partial charge in [-0.05, 0) is 32.1 Å². The number of anilines is 1. The van der Waals surface area contributed by atoms with E-state index in [9.17, 15) is 0 Å². The van der Waals surface area contributed by atoms with E-state index in [1.54, 1.807) is 11.5 Å². The van der Waals surface area contributed by atoms with Gasteiger partial charge in [-0.15, -0.1) is 0 Å². The van der Waals surface area contributed by atoms with Crippen LogP contribution in [-0.4, -0.2) is 21.9 Å². The molecule has 1 aliphatic heterocycles. The molecule has 3 rings (SSSR count). The van der Waals surface area contributed by atoms with Gasteiger partial charge >= 0.3 is 0 Å². The number of aryl methyl sites for hydroxylation is 1. The zero-order valence-corrected chi connectivity index (χ0v) is 8.55. The topological polar surface area (TPSA) is 29.0 Å². The van der Waals surface area contributed by atoms with Gasteiger partial charge in [0.1, 0.15) is 5.82 Å². The lowest BCUT2D eigenvalue weighted by atomic mass is 10.1. The average Bonchev–Trinajstić information content (AvgIpc) is 2.77. The molecule has 1 aromatic rings.